The minimum atomic E-state index is -0.560. The van der Waals surface area contributed by atoms with E-state index in [4.69, 9.17) is 4.74 Å². The summed E-state index contributed by atoms with van der Waals surface area (Å²) in [6.07, 6.45) is 2.94. The Kier molecular flexibility index (Phi) is 6.13. The minimum Gasteiger partial charge on any atom is -0.479 e. The van der Waals surface area contributed by atoms with Gasteiger partial charge in [0.05, 0.1) is 11.4 Å². The number of nitrogens with one attached hydrogen (secondary N) is 3. The summed E-state index contributed by atoms with van der Waals surface area (Å²) in [7, 11) is 1.87. The van der Waals surface area contributed by atoms with Crippen molar-refractivity contribution in [2.75, 3.05) is 21.7 Å². The van der Waals surface area contributed by atoms with Crippen LogP contribution in [-0.2, 0) is 16.6 Å². The van der Waals surface area contributed by atoms with Gasteiger partial charge in [0.15, 0.2) is 11.3 Å². The van der Waals surface area contributed by atoms with Gasteiger partial charge in [0.25, 0.3) is 11.8 Å². The van der Waals surface area contributed by atoms with Crippen molar-refractivity contribution in [3.05, 3.63) is 60.4 Å². The number of carbonyl (C=O) groups excluding carboxylic acids is 3. The van der Waals surface area contributed by atoms with Gasteiger partial charge in [-0.2, -0.15) is 0 Å². The van der Waals surface area contributed by atoms with Crippen LogP contribution < -0.4 is 20.7 Å². The number of nitrogens with zero attached hydrogens (tertiary/aromatic N) is 2. The second kappa shape index (κ2) is 9.15. The summed E-state index contributed by atoms with van der Waals surface area (Å²) in [5.74, 6) is 0.0606. The van der Waals surface area contributed by atoms with Gasteiger partial charge in [0.1, 0.15) is 5.75 Å². The molecule has 1 atom stereocenters. The van der Waals surface area contributed by atoms with Crippen LogP contribution in [0.3, 0.4) is 0 Å². The number of imidazole rings is 1. The molecule has 164 valence electrons. The molecule has 1 unspecified atom stereocenters. The molecule has 0 bridgehead atoms. The third-order valence-electron chi connectivity index (χ3n) is 4.71. The van der Waals surface area contributed by atoms with Gasteiger partial charge >= 0.3 is 0 Å². The number of carbonyl (C=O) groups is 3. The van der Waals surface area contributed by atoms with Crippen LogP contribution in [0.5, 0.6) is 5.75 Å². The van der Waals surface area contributed by atoms with E-state index in [-0.39, 0.29) is 23.5 Å². The summed E-state index contributed by atoms with van der Waals surface area (Å²) in [6, 6.07) is 11.6. The molecular formula is C22H21N5O4S. The number of anilines is 3. The Bertz CT molecular complexity index is 1180. The summed E-state index contributed by atoms with van der Waals surface area (Å²) >= 11 is 1.34. The molecular weight excluding hydrogens is 430 g/mol. The van der Waals surface area contributed by atoms with Crippen LogP contribution in [-0.4, -0.2) is 39.1 Å². The molecule has 3 N–H and O–H groups in total. The second-order valence-corrected chi connectivity index (χ2v) is 8.09. The van der Waals surface area contributed by atoms with E-state index >= 15 is 0 Å². The van der Waals surface area contributed by atoms with E-state index in [1.54, 1.807) is 55.6 Å². The predicted molar refractivity (Wildman–Crippen MR) is 122 cm³/mol. The number of amides is 3. The average Bonchev–Trinajstić information content (AvgIpc) is 3.18. The normalized spacial score (nSPS) is 14.7. The number of benzene rings is 2. The number of hydrogen-bond acceptors (Lipinski definition) is 6. The SMILES string of the molecule is CC1Oc2ccc(NC(=O)c3ccc(NC(=O)CSc4nccn4C)cc3)cc2NC1=O. The molecule has 0 aliphatic carbocycles. The second-order valence-electron chi connectivity index (χ2n) is 7.15. The van der Waals surface area contributed by atoms with E-state index < -0.39 is 6.10 Å². The maximum atomic E-state index is 12.6. The number of rotatable bonds is 6. The smallest absolute Gasteiger partial charge is 0.265 e. The number of aromatic nitrogens is 2. The Balaban J connectivity index is 1.33. The Hall–Kier alpha value is -3.79. The van der Waals surface area contributed by atoms with Crippen molar-refractivity contribution < 1.29 is 19.1 Å². The van der Waals surface area contributed by atoms with Gasteiger partial charge in [-0.25, -0.2) is 4.98 Å². The maximum absolute atomic E-state index is 12.6. The molecule has 9 nitrogen and oxygen atoms in total. The zero-order valence-electron chi connectivity index (χ0n) is 17.4. The fourth-order valence-corrected chi connectivity index (χ4v) is 3.75. The molecule has 0 radical (unpaired) electrons. The first-order valence-corrected chi connectivity index (χ1v) is 10.8. The molecule has 0 fully saturated rings. The summed E-state index contributed by atoms with van der Waals surface area (Å²) in [4.78, 5) is 40.7. The quantitative estimate of drug-likeness (QED) is 0.496. The molecule has 10 heteroatoms. The lowest BCUT2D eigenvalue weighted by Gasteiger charge is -2.23. The van der Waals surface area contributed by atoms with E-state index in [2.05, 4.69) is 20.9 Å². The van der Waals surface area contributed by atoms with Crippen LogP contribution in [0.1, 0.15) is 17.3 Å². The summed E-state index contributed by atoms with van der Waals surface area (Å²) in [5, 5.41) is 9.10. The zero-order chi connectivity index (χ0) is 22.7. The van der Waals surface area contributed by atoms with E-state index in [1.807, 2.05) is 17.8 Å². The van der Waals surface area contributed by atoms with Crippen molar-refractivity contribution >= 4 is 46.5 Å². The molecule has 4 rings (SSSR count). The monoisotopic (exact) mass is 451 g/mol. The van der Waals surface area contributed by atoms with Gasteiger partial charge < -0.3 is 25.3 Å². The van der Waals surface area contributed by atoms with Gasteiger partial charge in [0.2, 0.25) is 5.91 Å². The Morgan fingerprint density at radius 3 is 2.62 bits per heavy atom. The molecule has 3 aromatic rings. The Morgan fingerprint density at radius 2 is 1.91 bits per heavy atom. The predicted octanol–water partition coefficient (Wildman–Crippen LogP) is 3.12. The number of ether oxygens (including phenoxy) is 1. The summed E-state index contributed by atoms with van der Waals surface area (Å²) in [6.45, 7) is 1.67. The van der Waals surface area contributed by atoms with Crippen molar-refractivity contribution in [2.24, 2.45) is 7.05 Å². The molecule has 2 aromatic carbocycles. The third-order valence-corrected chi connectivity index (χ3v) is 5.77. The topological polar surface area (TPSA) is 114 Å². The summed E-state index contributed by atoms with van der Waals surface area (Å²) < 4.78 is 7.35. The maximum Gasteiger partial charge on any atom is 0.265 e. The van der Waals surface area contributed by atoms with E-state index in [1.165, 1.54) is 11.8 Å². The number of hydrogen-bond donors (Lipinski definition) is 3. The lowest BCUT2D eigenvalue weighted by atomic mass is 10.1. The Labute approximate surface area is 188 Å². The van der Waals surface area contributed by atoms with Gasteiger partial charge in [-0.3, -0.25) is 14.4 Å². The number of fused-ring (bicyclic) bond motifs is 1. The van der Waals surface area contributed by atoms with Crippen LogP contribution >= 0.6 is 11.8 Å². The van der Waals surface area contributed by atoms with Crippen LogP contribution in [0.4, 0.5) is 17.1 Å². The largest absolute Gasteiger partial charge is 0.479 e. The van der Waals surface area contributed by atoms with Gasteiger partial charge in [0, 0.05) is 36.4 Å². The van der Waals surface area contributed by atoms with E-state index in [0.717, 1.165) is 5.16 Å². The molecule has 1 aliphatic rings. The minimum absolute atomic E-state index is 0.164. The zero-order valence-corrected chi connectivity index (χ0v) is 18.2. The molecule has 0 spiro atoms. The van der Waals surface area contributed by atoms with E-state index in [9.17, 15) is 14.4 Å². The van der Waals surface area contributed by atoms with E-state index in [0.29, 0.717) is 28.4 Å². The average molecular weight is 452 g/mol. The molecule has 1 aromatic heterocycles. The van der Waals surface area contributed by atoms with Crippen molar-refractivity contribution in [3.63, 3.8) is 0 Å². The first kappa shape index (κ1) is 21.4. The lowest BCUT2D eigenvalue weighted by molar-refractivity contribution is -0.122. The highest BCUT2D eigenvalue weighted by atomic mass is 32.2. The molecule has 0 saturated heterocycles. The van der Waals surface area contributed by atoms with Crippen molar-refractivity contribution in [1.29, 1.82) is 0 Å². The van der Waals surface area contributed by atoms with Gasteiger partial charge in [-0.05, 0) is 49.4 Å². The molecule has 2 heterocycles. The van der Waals surface area contributed by atoms with Crippen molar-refractivity contribution in [2.45, 2.75) is 18.2 Å². The van der Waals surface area contributed by atoms with Crippen LogP contribution in [0, 0.1) is 0 Å². The highest BCUT2D eigenvalue weighted by Crippen LogP contribution is 2.32. The first-order valence-electron chi connectivity index (χ1n) is 9.82. The Morgan fingerprint density at radius 1 is 1.16 bits per heavy atom. The van der Waals surface area contributed by atoms with Crippen LogP contribution in [0.25, 0.3) is 0 Å². The number of aryl methyl sites for hydroxylation is 1. The van der Waals surface area contributed by atoms with Crippen LogP contribution in [0.2, 0.25) is 0 Å². The fraction of sp³-hybridized carbons (Fsp3) is 0.182. The first-order chi connectivity index (χ1) is 15.4. The van der Waals surface area contributed by atoms with Gasteiger partial charge in [-0.15, -0.1) is 0 Å². The lowest BCUT2D eigenvalue weighted by Crippen LogP contribution is -2.34. The molecule has 3 amide bonds. The third kappa shape index (κ3) is 4.92. The number of thioether (sulfide) groups is 1. The standard InChI is InChI=1S/C22H21N5O4S/c1-13-20(29)26-17-11-16(7-8-18(17)31-13)25-21(30)14-3-5-15(6-4-14)24-19(28)12-32-22-23-9-10-27(22)2/h3-11,13H,12H2,1-2H3,(H,24,28)(H,25,30)(H,26,29). The van der Waals surface area contributed by atoms with Crippen molar-refractivity contribution in [1.82, 2.24) is 9.55 Å². The van der Waals surface area contributed by atoms with Gasteiger partial charge in [-0.1, -0.05) is 11.8 Å². The molecule has 0 saturated carbocycles. The summed E-state index contributed by atoms with van der Waals surface area (Å²) in [5.41, 5.74) is 2.05. The fourth-order valence-electron chi connectivity index (χ4n) is 3.01. The van der Waals surface area contributed by atoms with Crippen LogP contribution in [0.15, 0.2) is 60.0 Å². The highest BCUT2D eigenvalue weighted by Gasteiger charge is 2.23. The molecule has 32 heavy (non-hydrogen) atoms. The molecule has 1 aliphatic heterocycles. The highest BCUT2D eigenvalue weighted by molar-refractivity contribution is 7.99. The van der Waals surface area contributed by atoms with Crippen molar-refractivity contribution in [3.8, 4) is 5.75 Å².